The molecule has 7 nitrogen and oxygen atoms in total. The van der Waals surface area contributed by atoms with Crippen molar-refractivity contribution in [1.29, 1.82) is 0 Å². The molecule has 1 amide bonds. The van der Waals surface area contributed by atoms with Gasteiger partial charge in [-0.3, -0.25) is 14.9 Å². The van der Waals surface area contributed by atoms with Crippen LogP contribution in [0.3, 0.4) is 0 Å². The summed E-state index contributed by atoms with van der Waals surface area (Å²) in [5.41, 5.74) is 6.31. The van der Waals surface area contributed by atoms with Crippen LogP contribution >= 0.6 is 11.3 Å². The minimum absolute atomic E-state index is 0.0197. The second-order valence-electron chi connectivity index (χ2n) is 3.97. The highest BCUT2D eigenvalue weighted by molar-refractivity contribution is 7.09. The largest absolute Gasteiger partial charge is 0.325 e. The van der Waals surface area contributed by atoms with Crippen molar-refractivity contribution < 1.29 is 9.72 Å². The van der Waals surface area contributed by atoms with Crippen LogP contribution in [0.2, 0.25) is 0 Å². The molecule has 1 heterocycles. The average molecular weight is 292 g/mol. The van der Waals surface area contributed by atoms with Gasteiger partial charge in [-0.05, 0) is 12.1 Å². The Kier molecular flexibility index (Phi) is 4.06. The summed E-state index contributed by atoms with van der Waals surface area (Å²) in [5.74, 6) is -0.283. The van der Waals surface area contributed by atoms with Crippen molar-refractivity contribution >= 4 is 28.6 Å². The first-order valence-corrected chi connectivity index (χ1v) is 6.58. The molecule has 1 aromatic heterocycles. The Morgan fingerprint density at radius 3 is 2.60 bits per heavy atom. The first-order chi connectivity index (χ1) is 9.52. The minimum atomic E-state index is -0.487. The van der Waals surface area contributed by atoms with Crippen molar-refractivity contribution in [3.05, 3.63) is 50.5 Å². The fourth-order valence-corrected chi connectivity index (χ4v) is 2.24. The average Bonchev–Trinajstić information content (AvgIpc) is 2.94. The predicted molar refractivity (Wildman–Crippen MR) is 75.8 cm³/mol. The molecule has 2 N–H and O–H groups in total. The maximum atomic E-state index is 12.2. The van der Waals surface area contributed by atoms with Crippen LogP contribution in [0, 0.1) is 10.1 Å². The van der Waals surface area contributed by atoms with Crippen LogP contribution in [0.5, 0.6) is 0 Å². The molecule has 0 saturated heterocycles. The first-order valence-electron chi connectivity index (χ1n) is 5.70. The van der Waals surface area contributed by atoms with Crippen molar-refractivity contribution in [2.24, 2.45) is 5.73 Å². The van der Waals surface area contributed by atoms with E-state index < -0.39 is 4.92 Å². The topological polar surface area (TPSA) is 102 Å². The van der Waals surface area contributed by atoms with E-state index in [1.165, 1.54) is 40.5 Å². The summed E-state index contributed by atoms with van der Waals surface area (Å²) >= 11 is 1.32. The lowest BCUT2D eigenvalue weighted by Gasteiger charge is -2.15. The molecule has 2 rings (SSSR count). The maximum absolute atomic E-state index is 12.2. The van der Waals surface area contributed by atoms with Crippen molar-refractivity contribution in [1.82, 2.24) is 4.98 Å². The first kappa shape index (κ1) is 14.1. The van der Waals surface area contributed by atoms with E-state index in [4.69, 9.17) is 5.73 Å². The Hall–Kier alpha value is -2.32. The molecule has 2 aromatic rings. The van der Waals surface area contributed by atoms with E-state index in [0.29, 0.717) is 22.9 Å². The number of thiazole rings is 1. The molecular formula is C12H12N4O3S. The molecule has 0 aliphatic heterocycles. The summed E-state index contributed by atoms with van der Waals surface area (Å²) in [5, 5.41) is 12.9. The third kappa shape index (κ3) is 2.81. The molecule has 0 aliphatic carbocycles. The number of nitro benzene ring substituents is 1. The second-order valence-corrected chi connectivity index (χ2v) is 4.91. The summed E-state index contributed by atoms with van der Waals surface area (Å²) in [6.45, 7) is 0.291. The van der Waals surface area contributed by atoms with Gasteiger partial charge in [-0.15, -0.1) is 11.3 Å². The highest BCUT2D eigenvalue weighted by Gasteiger charge is 2.17. The molecular weight excluding hydrogens is 280 g/mol. The Morgan fingerprint density at radius 2 is 2.10 bits per heavy atom. The van der Waals surface area contributed by atoms with Crippen molar-refractivity contribution in [3.8, 4) is 0 Å². The van der Waals surface area contributed by atoms with Gasteiger partial charge in [0.25, 0.3) is 11.6 Å². The SMILES string of the molecule is CN(C(=O)c1csc(CN)n1)c1ccc([N+](=O)[O-])cc1. The van der Waals surface area contributed by atoms with Gasteiger partial charge in [0.1, 0.15) is 10.7 Å². The zero-order valence-electron chi connectivity index (χ0n) is 10.6. The van der Waals surface area contributed by atoms with Gasteiger partial charge in [0.15, 0.2) is 0 Å². The van der Waals surface area contributed by atoms with Gasteiger partial charge < -0.3 is 10.6 Å². The number of hydrogen-bond acceptors (Lipinski definition) is 6. The lowest BCUT2D eigenvalue weighted by molar-refractivity contribution is -0.384. The molecule has 0 spiro atoms. The number of benzene rings is 1. The normalized spacial score (nSPS) is 10.3. The van der Waals surface area contributed by atoms with Crippen LogP contribution in [0.15, 0.2) is 29.6 Å². The third-order valence-electron chi connectivity index (χ3n) is 2.70. The van der Waals surface area contributed by atoms with Crippen LogP contribution in [0.1, 0.15) is 15.5 Å². The summed E-state index contributed by atoms with van der Waals surface area (Å²) in [7, 11) is 1.59. The third-order valence-corrected chi connectivity index (χ3v) is 3.57. The molecule has 0 bridgehead atoms. The van der Waals surface area contributed by atoms with Crippen molar-refractivity contribution in [2.75, 3.05) is 11.9 Å². The Morgan fingerprint density at radius 1 is 1.45 bits per heavy atom. The monoisotopic (exact) mass is 292 g/mol. The number of carbonyl (C=O) groups is 1. The number of nitro groups is 1. The fraction of sp³-hybridized carbons (Fsp3) is 0.167. The van der Waals surface area contributed by atoms with E-state index in [2.05, 4.69) is 4.98 Å². The van der Waals surface area contributed by atoms with Gasteiger partial charge in [0.2, 0.25) is 0 Å². The summed E-state index contributed by atoms with van der Waals surface area (Å²) in [4.78, 5) is 27.8. The molecule has 0 fully saturated rings. The van der Waals surface area contributed by atoms with E-state index in [1.807, 2.05) is 0 Å². The number of rotatable bonds is 4. The van der Waals surface area contributed by atoms with E-state index >= 15 is 0 Å². The van der Waals surface area contributed by atoms with E-state index in [1.54, 1.807) is 12.4 Å². The molecule has 0 atom stereocenters. The maximum Gasteiger partial charge on any atom is 0.277 e. The molecule has 0 radical (unpaired) electrons. The van der Waals surface area contributed by atoms with Gasteiger partial charge in [-0.2, -0.15) is 0 Å². The number of carbonyl (C=O) groups excluding carboxylic acids is 1. The fourth-order valence-electron chi connectivity index (χ4n) is 1.59. The molecule has 0 unspecified atom stereocenters. The zero-order valence-corrected chi connectivity index (χ0v) is 11.5. The number of anilines is 1. The summed E-state index contributed by atoms with van der Waals surface area (Å²) in [6, 6.07) is 5.75. The van der Waals surface area contributed by atoms with Crippen LogP contribution in [-0.2, 0) is 6.54 Å². The Balaban J connectivity index is 2.19. The van der Waals surface area contributed by atoms with Crippen molar-refractivity contribution in [2.45, 2.75) is 6.54 Å². The molecule has 8 heteroatoms. The number of non-ortho nitro benzene ring substituents is 1. The Bertz CT molecular complexity index is 638. The molecule has 1 aromatic carbocycles. The van der Waals surface area contributed by atoms with E-state index in [9.17, 15) is 14.9 Å². The van der Waals surface area contributed by atoms with Crippen LogP contribution in [0.25, 0.3) is 0 Å². The molecule has 0 aliphatic rings. The molecule has 104 valence electrons. The summed E-state index contributed by atoms with van der Waals surface area (Å²) in [6.07, 6.45) is 0. The second kappa shape index (κ2) is 5.76. The van der Waals surface area contributed by atoms with Gasteiger partial charge in [0, 0.05) is 36.8 Å². The number of amides is 1. The van der Waals surface area contributed by atoms with Gasteiger partial charge in [0.05, 0.1) is 4.92 Å². The zero-order chi connectivity index (χ0) is 14.7. The number of nitrogens with two attached hydrogens (primary N) is 1. The standard InChI is InChI=1S/C12H12N4O3S/c1-15(8-2-4-9(5-3-8)16(18)19)12(17)10-7-20-11(6-13)14-10/h2-5,7H,6,13H2,1H3. The minimum Gasteiger partial charge on any atom is -0.325 e. The van der Waals surface area contributed by atoms with E-state index in [-0.39, 0.29) is 11.6 Å². The van der Waals surface area contributed by atoms with Gasteiger partial charge >= 0.3 is 0 Å². The van der Waals surface area contributed by atoms with Gasteiger partial charge in [-0.1, -0.05) is 0 Å². The van der Waals surface area contributed by atoms with Crippen LogP contribution in [-0.4, -0.2) is 22.9 Å². The highest BCUT2D eigenvalue weighted by Crippen LogP contribution is 2.20. The number of aromatic nitrogens is 1. The van der Waals surface area contributed by atoms with Crippen molar-refractivity contribution in [3.63, 3.8) is 0 Å². The lowest BCUT2D eigenvalue weighted by Crippen LogP contribution is -2.26. The quantitative estimate of drug-likeness (QED) is 0.683. The number of nitrogens with zero attached hydrogens (tertiary/aromatic N) is 3. The van der Waals surface area contributed by atoms with E-state index in [0.717, 1.165) is 0 Å². The van der Waals surface area contributed by atoms with Crippen LogP contribution < -0.4 is 10.6 Å². The number of hydrogen-bond donors (Lipinski definition) is 1. The predicted octanol–water partition coefficient (Wildman–Crippen LogP) is 1.79. The Labute approximate surface area is 118 Å². The van der Waals surface area contributed by atoms with Crippen LogP contribution in [0.4, 0.5) is 11.4 Å². The smallest absolute Gasteiger partial charge is 0.277 e. The molecule has 0 saturated carbocycles. The van der Waals surface area contributed by atoms with Gasteiger partial charge in [-0.25, -0.2) is 4.98 Å². The highest BCUT2D eigenvalue weighted by atomic mass is 32.1. The summed E-state index contributed by atoms with van der Waals surface area (Å²) < 4.78 is 0. The molecule has 20 heavy (non-hydrogen) atoms. The lowest BCUT2D eigenvalue weighted by atomic mass is 10.2.